The van der Waals surface area contributed by atoms with Gasteiger partial charge in [0.2, 0.25) is 0 Å². The van der Waals surface area contributed by atoms with Crippen LogP contribution in [0.5, 0.6) is 5.75 Å². The molecule has 1 aliphatic rings. The smallest absolute Gasteiger partial charge is 0.255 e. The normalized spacial score (nSPS) is 14.8. The van der Waals surface area contributed by atoms with Gasteiger partial charge in [-0.25, -0.2) is 0 Å². The Hall–Kier alpha value is -2.01. The van der Waals surface area contributed by atoms with Crippen molar-refractivity contribution in [2.75, 3.05) is 12.3 Å². The zero-order valence-electron chi connectivity index (χ0n) is 14.2. The Morgan fingerprint density at radius 1 is 1.29 bits per heavy atom. The fourth-order valence-electron chi connectivity index (χ4n) is 3.35. The number of carbonyl (C=O) groups is 1. The summed E-state index contributed by atoms with van der Waals surface area (Å²) in [7, 11) is 0. The molecule has 2 aromatic rings. The first-order chi connectivity index (χ1) is 11.6. The highest BCUT2D eigenvalue weighted by molar-refractivity contribution is 7.16. The average molecular weight is 344 g/mol. The SMILES string of the molecule is CCOc1ccc(-c2c(C)sc(N)c2C(=O)NC2CCCC2)cc1. The van der Waals surface area contributed by atoms with Gasteiger partial charge in [-0.2, -0.15) is 0 Å². The molecule has 24 heavy (non-hydrogen) atoms. The summed E-state index contributed by atoms with van der Waals surface area (Å²) in [5.41, 5.74) is 8.73. The topological polar surface area (TPSA) is 64.3 Å². The summed E-state index contributed by atoms with van der Waals surface area (Å²) in [4.78, 5) is 13.9. The van der Waals surface area contributed by atoms with Crippen molar-refractivity contribution in [1.29, 1.82) is 0 Å². The van der Waals surface area contributed by atoms with Crippen molar-refractivity contribution in [3.63, 3.8) is 0 Å². The van der Waals surface area contributed by atoms with Crippen LogP contribution in [0.25, 0.3) is 11.1 Å². The maximum atomic E-state index is 12.8. The van der Waals surface area contributed by atoms with Crippen LogP contribution in [0.1, 0.15) is 47.8 Å². The number of rotatable bonds is 5. The summed E-state index contributed by atoms with van der Waals surface area (Å²) in [5, 5.41) is 3.74. The molecule has 5 heteroatoms. The summed E-state index contributed by atoms with van der Waals surface area (Å²) < 4.78 is 5.50. The Morgan fingerprint density at radius 3 is 2.58 bits per heavy atom. The fraction of sp³-hybridized carbons (Fsp3) is 0.421. The second kappa shape index (κ2) is 7.26. The Morgan fingerprint density at radius 2 is 1.96 bits per heavy atom. The van der Waals surface area contributed by atoms with Crippen molar-refractivity contribution >= 4 is 22.2 Å². The molecular formula is C19H24N2O2S. The largest absolute Gasteiger partial charge is 0.494 e. The van der Waals surface area contributed by atoms with Gasteiger partial charge in [0, 0.05) is 16.5 Å². The maximum Gasteiger partial charge on any atom is 0.255 e. The molecule has 1 aromatic heterocycles. The number of hydrogen-bond donors (Lipinski definition) is 2. The van der Waals surface area contributed by atoms with Crippen molar-refractivity contribution in [1.82, 2.24) is 5.32 Å². The highest BCUT2D eigenvalue weighted by Crippen LogP contribution is 2.38. The first kappa shape index (κ1) is 16.8. The average Bonchev–Trinajstić information content (AvgIpc) is 3.16. The minimum absolute atomic E-state index is 0.0485. The number of thiophene rings is 1. The number of nitrogen functional groups attached to an aromatic ring is 1. The van der Waals surface area contributed by atoms with Crippen LogP contribution in [0.15, 0.2) is 24.3 Å². The van der Waals surface area contributed by atoms with Crippen LogP contribution in [0.2, 0.25) is 0 Å². The van der Waals surface area contributed by atoms with Gasteiger partial charge in [-0.1, -0.05) is 25.0 Å². The predicted octanol–water partition coefficient (Wildman–Crippen LogP) is 4.38. The van der Waals surface area contributed by atoms with Gasteiger partial charge in [0.05, 0.1) is 17.2 Å². The molecule has 1 aromatic carbocycles. The summed E-state index contributed by atoms with van der Waals surface area (Å²) in [6, 6.07) is 8.14. The Kier molecular flexibility index (Phi) is 5.09. The Labute approximate surface area is 147 Å². The van der Waals surface area contributed by atoms with Gasteiger partial charge in [-0.15, -0.1) is 11.3 Å². The molecule has 0 bridgehead atoms. The second-order valence-electron chi connectivity index (χ2n) is 6.18. The maximum absolute atomic E-state index is 12.8. The molecule has 1 saturated carbocycles. The molecule has 0 atom stereocenters. The predicted molar refractivity (Wildman–Crippen MR) is 99.8 cm³/mol. The van der Waals surface area contributed by atoms with Gasteiger partial charge in [-0.3, -0.25) is 4.79 Å². The third-order valence-corrected chi connectivity index (χ3v) is 5.42. The van der Waals surface area contributed by atoms with Gasteiger partial charge < -0.3 is 15.8 Å². The van der Waals surface area contributed by atoms with E-state index in [1.54, 1.807) is 0 Å². The fourth-order valence-corrected chi connectivity index (χ4v) is 4.30. The van der Waals surface area contributed by atoms with Gasteiger partial charge >= 0.3 is 0 Å². The number of ether oxygens (including phenoxy) is 1. The lowest BCUT2D eigenvalue weighted by molar-refractivity contribution is 0.0940. The van der Waals surface area contributed by atoms with Crippen molar-refractivity contribution in [3.8, 4) is 16.9 Å². The molecule has 1 heterocycles. The third-order valence-electron chi connectivity index (χ3n) is 4.48. The minimum Gasteiger partial charge on any atom is -0.494 e. The summed E-state index contributed by atoms with van der Waals surface area (Å²) >= 11 is 1.48. The van der Waals surface area contributed by atoms with E-state index in [1.807, 2.05) is 38.1 Å². The van der Waals surface area contributed by atoms with Gasteiger partial charge in [-0.05, 0) is 44.4 Å². The zero-order chi connectivity index (χ0) is 17.1. The number of amides is 1. The lowest BCUT2D eigenvalue weighted by Crippen LogP contribution is -2.33. The first-order valence-corrected chi connectivity index (χ1v) is 9.34. The van der Waals surface area contributed by atoms with E-state index in [-0.39, 0.29) is 11.9 Å². The number of nitrogens with two attached hydrogens (primary N) is 1. The summed E-state index contributed by atoms with van der Waals surface area (Å²) in [6.07, 6.45) is 4.50. The van der Waals surface area contributed by atoms with E-state index >= 15 is 0 Å². The van der Waals surface area contributed by atoms with E-state index in [1.165, 1.54) is 24.2 Å². The Balaban J connectivity index is 1.91. The molecule has 0 aliphatic heterocycles. The molecule has 3 rings (SSSR count). The van der Waals surface area contributed by atoms with Crippen molar-refractivity contribution in [2.24, 2.45) is 0 Å². The number of hydrogen-bond acceptors (Lipinski definition) is 4. The molecule has 1 amide bonds. The quantitative estimate of drug-likeness (QED) is 0.846. The molecular weight excluding hydrogens is 320 g/mol. The number of benzene rings is 1. The first-order valence-electron chi connectivity index (χ1n) is 8.53. The van der Waals surface area contributed by atoms with Crippen LogP contribution < -0.4 is 15.8 Å². The van der Waals surface area contributed by atoms with Crippen LogP contribution in [0.4, 0.5) is 5.00 Å². The minimum atomic E-state index is -0.0485. The number of aryl methyl sites for hydroxylation is 1. The molecule has 1 fully saturated rings. The molecule has 0 saturated heterocycles. The van der Waals surface area contributed by atoms with Crippen molar-refractivity contribution < 1.29 is 9.53 Å². The van der Waals surface area contributed by atoms with Crippen molar-refractivity contribution in [3.05, 3.63) is 34.7 Å². The Bertz CT molecular complexity index is 716. The molecule has 3 N–H and O–H groups in total. The number of carbonyl (C=O) groups excluding carboxylic acids is 1. The summed E-state index contributed by atoms with van der Waals surface area (Å²) in [5.74, 6) is 0.784. The van der Waals surface area contributed by atoms with Gasteiger partial charge in [0.15, 0.2) is 0 Å². The van der Waals surface area contributed by atoms with Crippen LogP contribution in [0, 0.1) is 6.92 Å². The van der Waals surface area contributed by atoms with E-state index in [2.05, 4.69) is 5.32 Å². The lowest BCUT2D eigenvalue weighted by Gasteiger charge is -2.13. The van der Waals surface area contributed by atoms with Crippen molar-refractivity contribution in [2.45, 2.75) is 45.6 Å². The van der Waals surface area contributed by atoms with Crippen LogP contribution in [-0.2, 0) is 0 Å². The van der Waals surface area contributed by atoms with E-state index in [0.29, 0.717) is 17.2 Å². The van der Waals surface area contributed by atoms with E-state index in [0.717, 1.165) is 34.6 Å². The van der Waals surface area contributed by atoms with Gasteiger partial charge in [0.1, 0.15) is 5.75 Å². The van der Waals surface area contributed by atoms with Gasteiger partial charge in [0.25, 0.3) is 5.91 Å². The zero-order valence-corrected chi connectivity index (χ0v) is 15.0. The third kappa shape index (κ3) is 3.41. The monoisotopic (exact) mass is 344 g/mol. The number of anilines is 1. The standard InChI is InChI=1S/C19H24N2O2S/c1-3-23-15-10-8-13(9-11-15)16-12(2)24-18(20)17(16)19(22)21-14-6-4-5-7-14/h8-11,14H,3-7,20H2,1-2H3,(H,21,22). The number of nitrogens with one attached hydrogen (secondary N) is 1. The molecule has 0 unspecified atom stereocenters. The molecule has 4 nitrogen and oxygen atoms in total. The van der Waals surface area contributed by atoms with E-state index in [9.17, 15) is 4.79 Å². The van der Waals surface area contributed by atoms with Crippen LogP contribution >= 0.6 is 11.3 Å². The second-order valence-corrected chi connectivity index (χ2v) is 7.44. The highest BCUT2D eigenvalue weighted by atomic mass is 32.1. The van der Waals surface area contributed by atoms with Crippen LogP contribution in [0.3, 0.4) is 0 Å². The molecule has 128 valence electrons. The van der Waals surface area contributed by atoms with Crippen LogP contribution in [-0.4, -0.2) is 18.6 Å². The highest BCUT2D eigenvalue weighted by Gasteiger charge is 2.25. The van der Waals surface area contributed by atoms with E-state index in [4.69, 9.17) is 10.5 Å². The molecule has 0 spiro atoms. The van der Waals surface area contributed by atoms with E-state index < -0.39 is 0 Å². The molecule has 0 radical (unpaired) electrons. The summed E-state index contributed by atoms with van der Waals surface area (Å²) in [6.45, 7) is 4.61. The molecule has 1 aliphatic carbocycles. The lowest BCUT2D eigenvalue weighted by atomic mass is 10.0.